The molecule has 0 aromatic heterocycles. The first-order valence-electron chi connectivity index (χ1n) is 14.6. The molecule has 3 aromatic carbocycles. The van der Waals surface area contributed by atoms with Crippen molar-refractivity contribution < 1.29 is 18.8 Å². The van der Waals surface area contributed by atoms with Crippen LogP contribution in [-0.4, -0.2) is 49.5 Å². The van der Waals surface area contributed by atoms with Crippen molar-refractivity contribution in [1.29, 1.82) is 0 Å². The average molecular weight is 652 g/mol. The fourth-order valence-electron chi connectivity index (χ4n) is 5.74. The van der Waals surface area contributed by atoms with Crippen molar-refractivity contribution in [3.8, 4) is 0 Å². The Kier molecular flexibility index (Phi) is 9.70. The Morgan fingerprint density at radius 1 is 0.881 bits per heavy atom. The summed E-state index contributed by atoms with van der Waals surface area (Å²) in [6.07, 6.45) is -0.488. The number of hydrogen-bond acceptors (Lipinski definition) is 4. The molecule has 42 heavy (non-hydrogen) atoms. The molecule has 6 nitrogen and oxygen atoms in total. The first-order valence-corrected chi connectivity index (χ1v) is 17.3. The highest BCUT2D eigenvalue weighted by Gasteiger charge is 2.54. The first kappa shape index (κ1) is 32.0. The van der Waals surface area contributed by atoms with Crippen LogP contribution in [-0.2, 0) is 14.0 Å². The molecule has 1 N–H and O–H groups in total. The van der Waals surface area contributed by atoms with Crippen LogP contribution in [0.25, 0.3) is 0 Å². The van der Waals surface area contributed by atoms with E-state index in [1.54, 1.807) is 4.90 Å². The van der Waals surface area contributed by atoms with E-state index in [4.69, 9.17) is 9.16 Å². The molecule has 1 aliphatic heterocycles. The summed E-state index contributed by atoms with van der Waals surface area (Å²) in [6.45, 7) is 14.4. The Morgan fingerprint density at radius 3 is 1.88 bits per heavy atom. The van der Waals surface area contributed by atoms with E-state index in [0.717, 1.165) is 20.4 Å². The molecule has 1 fully saturated rings. The number of nitrogens with one attached hydrogen (secondary N) is 1. The number of rotatable bonds is 7. The van der Waals surface area contributed by atoms with Gasteiger partial charge < -0.3 is 14.5 Å². The molecule has 8 heteroatoms. The van der Waals surface area contributed by atoms with Crippen LogP contribution in [0.2, 0.25) is 5.04 Å². The minimum absolute atomic E-state index is 0.218. The van der Waals surface area contributed by atoms with Crippen LogP contribution < -0.4 is 15.7 Å². The predicted octanol–water partition coefficient (Wildman–Crippen LogP) is 6.58. The highest BCUT2D eigenvalue weighted by molar-refractivity contribution is 9.10. The maximum Gasteiger partial charge on any atom is 0.411 e. The van der Waals surface area contributed by atoms with Crippen LogP contribution in [0.4, 0.5) is 4.79 Å². The Morgan fingerprint density at radius 2 is 1.40 bits per heavy atom. The van der Waals surface area contributed by atoms with Crippen LogP contribution in [0, 0.1) is 0 Å². The normalized spacial score (nSPS) is 18.4. The summed E-state index contributed by atoms with van der Waals surface area (Å²) in [7, 11) is -2.89. The minimum Gasteiger partial charge on any atom is -0.444 e. The second-order valence-electron chi connectivity index (χ2n) is 13.1. The molecule has 3 atom stereocenters. The largest absolute Gasteiger partial charge is 0.444 e. The van der Waals surface area contributed by atoms with Crippen LogP contribution in [0.3, 0.4) is 0 Å². The molecule has 4 rings (SSSR count). The van der Waals surface area contributed by atoms with E-state index in [2.05, 4.69) is 90.5 Å². The molecule has 224 valence electrons. The summed E-state index contributed by atoms with van der Waals surface area (Å²) in [5.41, 5.74) is 0.285. The first-order chi connectivity index (χ1) is 19.7. The molecule has 2 amide bonds. The Balaban J connectivity index is 1.69. The number of ether oxygens (including phenoxy) is 1. The van der Waals surface area contributed by atoms with Gasteiger partial charge in [0.1, 0.15) is 11.6 Å². The van der Waals surface area contributed by atoms with Gasteiger partial charge in [0.25, 0.3) is 8.32 Å². The number of nitrogens with zero attached hydrogens (tertiary/aromatic N) is 1. The molecule has 0 bridgehead atoms. The number of benzene rings is 3. The fourth-order valence-corrected chi connectivity index (χ4v) is 10.7. The van der Waals surface area contributed by atoms with Crippen molar-refractivity contribution in [3.05, 3.63) is 95.0 Å². The van der Waals surface area contributed by atoms with Gasteiger partial charge in [0.2, 0.25) is 5.91 Å². The number of hydrogen-bond donors (Lipinski definition) is 1. The Bertz CT molecular complexity index is 1310. The molecule has 1 heterocycles. The third-order valence-corrected chi connectivity index (χ3v) is 13.3. The predicted molar refractivity (Wildman–Crippen MR) is 175 cm³/mol. The number of likely N-dealkylation sites (tertiary alicyclic amines) is 1. The molecule has 3 aromatic rings. The second kappa shape index (κ2) is 12.7. The standard InChI is InChI=1S/C34H43BrN2O4Si/c1-24(25-18-20-26(35)21-19-25)36-31(38)30-22-27(23-37(30)32(39)40-33(2,3)4)41-42(34(5,6)7,28-14-10-8-11-15-28)29-16-12-9-13-17-29/h8-21,24,27,30H,22-23H2,1-7H3,(H,36,38)/t24-,27+,30-/m0/s1. The Hall–Kier alpha value is -2.94. The van der Waals surface area contributed by atoms with Crippen molar-refractivity contribution in [2.45, 2.75) is 83.7 Å². The van der Waals surface area contributed by atoms with E-state index in [9.17, 15) is 9.59 Å². The smallest absolute Gasteiger partial charge is 0.411 e. The van der Waals surface area contributed by atoms with Gasteiger partial charge in [0.15, 0.2) is 0 Å². The molecule has 0 saturated carbocycles. The van der Waals surface area contributed by atoms with Gasteiger partial charge in [-0.1, -0.05) is 109 Å². The molecule has 1 saturated heterocycles. The van der Waals surface area contributed by atoms with Crippen LogP contribution in [0.5, 0.6) is 0 Å². The number of amides is 2. The van der Waals surface area contributed by atoms with Crippen molar-refractivity contribution in [3.63, 3.8) is 0 Å². The molecule has 0 radical (unpaired) electrons. The number of carbonyl (C=O) groups is 2. The molecule has 0 unspecified atom stereocenters. The van der Waals surface area contributed by atoms with Crippen LogP contribution in [0.15, 0.2) is 89.4 Å². The Labute approximate surface area is 260 Å². The highest BCUT2D eigenvalue weighted by Crippen LogP contribution is 2.39. The maximum absolute atomic E-state index is 13.8. The quantitative estimate of drug-likeness (QED) is 0.293. The van der Waals surface area contributed by atoms with E-state index < -0.39 is 26.1 Å². The maximum atomic E-state index is 13.8. The monoisotopic (exact) mass is 650 g/mol. The van der Waals surface area contributed by atoms with Crippen LogP contribution >= 0.6 is 15.9 Å². The zero-order valence-corrected chi connectivity index (χ0v) is 28.3. The van der Waals surface area contributed by atoms with E-state index in [0.29, 0.717) is 6.42 Å². The van der Waals surface area contributed by atoms with Gasteiger partial charge in [-0.05, 0) is 60.8 Å². The summed E-state index contributed by atoms with van der Waals surface area (Å²) in [5.74, 6) is -0.218. The third-order valence-electron chi connectivity index (χ3n) is 7.68. The lowest BCUT2D eigenvalue weighted by molar-refractivity contribution is -0.126. The number of halogens is 1. The van der Waals surface area contributed by atoms with Gasteiger partial charge in [-0.2, -0.15) is 0 Å². The second-order valence-corrected chi connectivity index (χ2v) is 18.2. The summed E-state index contributed by atoms with van der Waals surface area (Å²) in [5, 5.41) is 5.21. The average Bonchev–Trinajstić information content (AvgIpc) is 3.36. The van der Waals surface area contributed by atoms with Gasteiger partial charge in [-0.15, -0.1) is 0 Å². The minimum atomic E-state index is -2.89. The topological polar surface area (TPSA) is 67.9 Å². The van der Waals surface area contributed by atoms with E-state index >= 15 is 0 Å². The lowest BCUT2D eigenvalue weighted by Crippen LogP contribution is -2.67. The third kappa shape index (κ3) is 7.16. The molecular weight excluding hydrogens is 608 g/mol. The van der Waals surface area contributed by atoms with Gasteiger partial charge in [0, 0.05) is 17.4 Å². The lowest BCUT2D eigenvalue weighted by atomic mass is 10.1. The summed E-state index contributed by atoms with van der Waals surface area (Å²) < 4.78 is 14.1. The molecular formula is C34H43BrN2O4Si. The van der Waals surface area contributed by atoms with Gasteiger partial charge >= 0.3 is 6.09 Å². The summed E-state index contributed by atoms with van der Waals surface area (Å²) >= 11 is 3.47. The lowest BCUT2D eigenvalue weighted by Gasteiger charge is -2.44. The van der Waals surface area contributed by atoms with Crippen molar-refractivity contribution >= 4 is 46.6 Å². The zero-order chi connectivity index (χ0) is 30.7. The van der Waals surface area contributed by atoms with E-state index in [-0.39, 0.29) is 29.6 Å². The van der Waals surface area contributed by atoms with Crippen molar-refractivity contribution in [1.82, 2.24) is 10.2 Å². The van der Waals surface area contributed by atoms with Crippen LogP contribution in [0.1, 0.15) is 66.5 Å². The molecule has 1 aliphatic rings. The number of carbonyl (C=O) groups excluding carboxylic acids is 2. The van der Waals surface area contributed by atoms with E-state index in [1.807, 2.05) is 64.1 Å². The van der Waals surface area contributed by atoms with Gasteiger partial charge in [-0.25, -0.2) is 4.79 Å². The summed E-state index contributed by atoms with van der Waals surface area (Å²) in [4.78, 5) is 28.9. The molecule has 0 aliphatic carbocycles. The van der Waals surface area contributed by atoms with Gasteiger partial charge in [-0.3, -0.25) is 9.69 Å². The summed E-state index contributed by atoms with van der Waals surface area (Å²) in [6, 6.07) is 27.7. The van der Waals surface area contributed by atoms with Gasteiger partial charge in [0.05, 0.1) is 12.1 Å². The zero-order valence-electron chi connectivity index (χ0n) is 25.7. The fraction of sp³-hybridized carbons (Fsp3) is 0.412. The molecule has 0 spiro atoms. The van der Waals surface area contributed by atoms with E-state index in [1.165, 1.54) is 0 Å². The highest BCUT2D eigenvalue weighted by atomic mass is 79.9. The SMILES string of the molecule is C[C@H](NC(=O)[C@@H]1C[C@@H](O[Si](c2ccccc2)(c2ccccc2)C(C)(C)C)CN1C(=O)OC(C)(C)C)c1ccc(Br)cc1. The van der Waals surface area contributed by atoms with Crippen molar-refractivity contribution in [2.75, 3.05) is 6.54 Å². The van der Waals surface area contributed by atoms with Crippen molar-refractivity contribution in [2.24, 2.45) is 0 Å².